The number of hydrogen-bond donors (Lipinski definition) is 6. The predicted molar refractivity (Wildman–Crippen MR) is 168 cm³/mol. The number of carboxylic acids is 3. The molecule has 2 radical (unpaired) electrons. The molecule has 6 nitrogen and oxygen atoms in total. The molecular weight excluding hydrogens is 647 g/mol. The number of aliphatic carboxylic acids is 3. The molecule has 3 N–H and O–H groups in total. The molecule has 0 saturated heterocycles. The SMILES string of the molecule is CCC[CH2][SnH].O=C(O)C(S)C1CCCCC1.O=C(O)C(S)C1CCCCC1.O=C(O)C(S)C1CCCCC1. The van der Waals surface area contributed by atoms with Crippen molar-refractivity contribution in [2.24, 2.45) is 17.8 Å². The normalized spacial score (nSPS) is 21.1. The third kappa shape index (κ3) is 17.8. The molecule has 0 aromatic heterocycles. The number of hydrogen-bond acceptors (Lipinski definition) is 6. The Morgan fingerprint density at radius 3 is 0.974 bits per heavy atom. The molecule has 38 heavy (non-hydrogen) atoms. The zero-order valence-electron chi connectivity index (χ0n) is 23.2. The topological polar surface area (TPSA) is 112 Å². The van der Waals surface area contributed by atoms with Crippen molar-refractivity contribution in [3.63, 3.8) is 0 Å². The minimum atomic E-state index is -0.764. The van der Waals surface area contributed by atoms with Gasteiger partial charge in [0.2, 0.25) is 0 Å². The van der Waals surface area contributed by atoms with Crippen molar-refractivity contribution in [2.75, 3.05) is 0 Å². The number of unbranched alkanes of at least 4 members (excludes halogenated alkanes) is 1. The third-order valence-corrected chi connectivity index (χ3v) is 10.7. The van der Waals surface area contributed by atoms with Gasteiger partial charge in [0.1, 0.15) is 15.7 Å². The van der Waals surface area contributed by atoms with Crippen LogP contribution in [0.2, 0.25) is 4.44 Å². The van der Waals surface area contributed by atoms with E-state index in [2.05, 4.69) is 44.8 Å². The monoisotopic (exact) mass is 700 g/mol. The summed E-state index contributed by atoms with van der Waals surface area (Å²) in [4.78, 5) is 31.6. The first-order valence-electron chi connectivity index (χ1n) is 14.5. The average Bonchev–Trinajstić information content (AvgIpc) is 2.94. The van der Waals surface area contributed by atoms with E-state index in [-0.39, 0.29) is 0 Å². The Morgan fingerprint density at radius 1 is 0.605 bits per heavy atom. The molecule has 3 atom stereocenters. The van der Waals surface area contributed by atoms with Crippen molar-refractivity contribution in [3.8, 4) is 0 Å². The van der Waals surface area contributed by atoms with Crippen LogP contribution in [0.15, 0.2) is 0 Å². The van der Waals surface area contributed by atoms with Gasteiger partial charge in [-0.3, -0.25) is 14.4 Å². The molecule has 0 aromatic rings. The van der Waals surface area contributed by atoms with Gasteiger partial charge in [0.25, 0.3) is 0 Å². The van der Waals surface area contributed by atoms with Gasteiger partial charge in [-0.15, -0.1) is 0 Å². The van der Waals surface area contributed by atoms with Gasteiger partial charge < -0.3 is 15.3 Å². The van der Waals surface area contributed by atoms with Crippen LogP contribution < -0.4 is 0 Å². The van der Waals surface area contributed by atoms with Crippen LogP contribution in [0.4, 0.5) is 0 Å². The number of thiol groups is 3. The summed E-state index contributed by atoms with van der Waals surface area (Å²) in [6.07, 6.45) is 19.9. The van der Waals surface area contributed by atoms with E-state index in [0.717, 1.165) is 38.5 Å². The molecule has 3 fully saturated rings. The smallest absolute Gasteiger partial charge is 0.316 e. The van der Waals surface area contributed by atoms with E-state index in [0.29, 0.717) is 17.8 Å². The first-order valence-corrected chi connectivity index (χ1v) is 18.4. The van der Waals surface area contributed by atoms with Crippen molar-refractivity contribution in [3.05, 3.63) is 0 Å². The Hall–Kier alpha value is 0.259. The Morgan fingerprint density at radius 2 is 0.842 bits per heavy atom. The van der Waals surface area contributed by atoms with E-state index in [1.807, 2.05) is 0 Å². The summed E-state index contributed by atoms with van der Waals surface area (Å²) < 4.78 is 1.47. The maximum absolute atomic E-state index is 10.5. The fraction of sp³-hybridized carbons (Fsp3) is 0.893. The largest absolute Gasteiger partial charge is 0.480 e. The zero-order chi connectivity index (χ0) is 28.9. The number of carbonyl (C=O) groups is 3. The second-order valence-corrected chi connectivity index (χ2v) is 14.0. The van der Waals surface area contributed by atoms with Gasteiger partial charge in [0, 0.05) is 0 Å². The van der Waals surface area contributed by atoms with Crippen molar-refractivity contribution >= 4 is 78.3 Å². The molecule has 0 heterocycles. The zero-order valence-corrected chi connectivity index (χ0v) is 29.2. The van der Waals surface area contributed by atoms with E-state index in [1.54, 1.807) is 0 Å². The van der Waals surface area contributed by atoms with E-state index < -0.39 is 33.7 Å². The molecule has 3 saturated carbocycles. The summed E-state index contributed by atoms with van der Waals surface area (Å²) in [6, 6.07) is 0. The van der Waals surface area contributed by atoms with Gasteiger partial charge in [0.05, 0.1) is 0 Å². The van der Waals surface area contributed by atoms with Gasteiger partial charge in [-0.1, -0.05) is 57.8 Å². The van der Waals surface area contributed by atoms with E-state index in [1.165, 1.54) is 97.6 Å². The van der Waals surface area contributed by atoms with Crippen LogP contribution >= 0.6 is 37.9 Å². The maximum atomic E-state index is 10.5. The molecule has 3 aliphatic carbocycles. The van der Waals surface area contributed by atoms with Gasteiger partial charge in [-0.25, -0.2) is 0 Å². The molecule has 3 rings (SSSR count). The van der Waals surface area contributed by atoms with Crippen molar-refractivity contribution in [1.82, 2.24) is 0 Å². The summed E-state index contributed by atoms with van der Waals surface area (Å²) in [5, 5.41) is 24.7. The van der Waals surface area contributed by atoms with Gasteiger partial charge >= 0.3 is 64.6 Å². The van der Waals surface area contributed by atoms with Crippen molar-refractivity contribution in [1.29, 1.82) is 0 Å². The maximum Gasteiger partial charge on any atom is 0.316 e. The Bertz CT molecular complexity index is 553. The summed E-state index contributed by atoms with van der Waals surface area (Å²) in [6.45, 7) is 2.23. The first kappa shape index (κ1) is 38.3. The van der Waals surface area contributed by atoms with Crippen LogP contribution in [-0.2, 0) is 14.4 Å². The van der Waals surface area contributed by atoms with E-state index in [9.17, 15) is 14.4 Å². The fourth-order valence-electron chi connectivity index (χ4n) is 5.16. The fourth-order valence-corrected chi connectivity index (χ4v) is 7.22. The first-order chi connectivity index (χ1) is 18.1. The molecular formula is C28H52O6S3Sn. The van der Waals surface area contributed by atoms with E-state index >= 15 is 0 Å². The van der Waals surface area contributed by atoms with Crippen LogP contribution in [0.3, 0.4) is 0 Å². The van der Waals surface area contributed by atoms with Gasteiger partial charge in [0.15, 0.2) is 0 Å². The van der Waals surface area contributed by atoms with Gasteiger partial charge in [-0.2, -0.15) is 37.9 Å². The van der Waals surface area contributed by atoms with Gasteiger partial charge in [-0.05, 0) is 56.3 Å². The van der Waals surface area contributed by atoms with Crippen molar-refractivity contribution < 1.29 is 29.7 Å². The van der Waals surface area contributed by atoms with Crippen LogP contribution in [0.25, 0.3) is 0 Å². The molecule has 0 aromatic carbocycles. The Labute approximate surface area is 260 Å². The molecule has 222 valence electrons. The molecule has 0 aliphatic heterocycles. The standard InChI is InChI=1S/3C8H14O2S.C4H9.Sn.H/c3*9-8(10)7(11)6-4-2-1-3-5-6;1-3-4-2;;/h3*6-7,11H,1-5H2,(H,9,10);1,3-4H2,2H3;;. The minimum absolute atomic E-state index is 0.310. The predicted octanol–water partition coefficient (Wildman–Crippen LogP) is 6.95. The number of carboxylic acid groups (broad SMARTS) is 3. The average molecular weight is 700 g/mol. The van der Waals surface area contributed by atoms with E-state index in [4.69, 9.17) is 15.3 Å². The van der Waals surface area contributed by atoms with Crippen LogP contribution in [-0.4, -0.2) is 71.5 Å². The van der Waals surface area contributed by atoms with Crippen LogP contribution in [0.1, 0.15) is 116 Å². The second-order valence-electron chi connectivity index (χ2n) is 10.7. The molecule has 0 spiro atoms. The summed E-state index contributed by atoms with van der Waals surface area (Å²) in [5.41, 5.74) is 0. The summed E-state index contributed by atoms with van der Waals surface area (Å²) in [7, 11) is 0. The molecule has 0 amide bonds. The van der Waals surface area contributed by atoms with Crippen LogP contribution in [0.5, 0.6) is 0 Å². The Kier molecular flexibility index (Phi) is 24.1. The molecule has 10 heteroatoms. The minimum Gasteiger partial charge on any atom is -0.480 e. The molecule has 3 aliphatic rings. The second kappa shape index (κ2) is 23.9. The quantitative estimate of drug-likeness (QED) is 0.121. The third-order valence-electron chi connectivity index (χ3n) is 7.61. The Balaban J connectivity index is 0.000000497. The van der Waals surface area contributed by atoms with Crippen molar-refractivity contribution in [2.45, 2.75) is 136 Å². The molecule has 0 bridgehead atoms. The molecule has 3 unspecified atom stereocenters. The summed E-state index contributed by atoms with van der Waals surface area (Å²) in [5.74, 6) is -1.36. The van der Waals surface area contributed by atoms with Crippen LogP contribution in [0, 0.1) is 17.8 Å². The summed E-state index contributed by atoms with van der Waals surface area (Å²) >= 11 is 13.7. The number of rotatable bonds is 8.